The molecule has 2 aliphatic rings. The summed E-state index contributed by atoms with van der Waals surface area (Å²) >= 11 is 0. The maximum atomic E-state index is 13.8. The molecule has 3 N–H and O–H groups in total. The van der Waals surface area contributed by atoms with Crippen molar-refractivity contribution >= 4 is 40.0 Å². The van der Waals surface area contributed by atoms with E-state index in [0.29, 0.717) is 24.0 Å². The lowest BCUT2D eigenvalue weighted by Gasteiger charge is -2.36. The molecule has 0 radical (unpaired) electrons. The number of hydrogen-bond donors (Lipinski definition) is 3. The van der Waals surface area contributed by atoms with Crippen molar-refractivity contribution in [1.29, 1.82) is 0 Å². The number of benzene rings is 3. The highest BCUT2D eigenvalue weighted by Crippen LogP contribution is 2.47. The average Bonchev–Trinajstić information content (AvgIpc) is 3.29. The molecule has 1 aliphatic heterocycles. The second kappa shape index (κ2) is 13.7. The summed E-state index contributed by atoms with van der Waals surface area (Å²) in [6.45, 7) is 1.75. The lowest BCUT2D eigenvalue weighted by Crippen LogP contribution is -2.39. The molecule has 3 aromatic carbocycles. The SMILES string of the molecule is CCC/C(=C\c1ccc(O)c2ccccc12)CC[C@@H](O)C1=C(COC)C[C@H]2C(=O)N(c3cccc([N+](=O)[O-])c3)C(=O)[C@H]2[C@H]1CO. The Kier molecular flexibility index (Phi) is 9.77. The topological polar surface area (TPSA) is 150 Å². The zero-order valence-corrected chi connectivity index (χ0v) is 25.4. The van der Waals surface area contributed by atoms with Crippen molar-refractivity contribution in [2.45, 2.75) is 45.1 Å². The number of methoxy groups -OCH3 is 1. The summed E-state index contributed by atoms with van der Waals surface area (Å²) in [6, 6.07) is 16.6. The molecule has 1 fully saturated rings. The number of carbonyl (C=O) groups is 2. The summed E-state index contributed by atoms with van der Waals surface area (Å²) in [7, 11) is 1.51. The number of nitrogens with zero attached hydrogens (tertiary/aromatic N) is 2. The minimum Gasteiger partial charge on any atom is -0.507 e. The molecule has 2 amide bonds. The van der Waals surface area contributed by atoms with Crippen LogP contribution in [0.1, 0.15) is 44.6 Å². The fourth-order valence-corrected chi connectivity index (χ4v) is 6.99. The molecule has 0 unspecified atom stereocenters. The number of amides is 2. The predicted octanol–water partition coefficient (Wildman–Crippen LogP) is 5.54. The fraction of sp³-hybridized carbons (Fsp3) is 0.371. The first-order valence-electron chi connectivity index (χ1n) is 15.2. The standard InChI is InChI=1S/C35H38N2O8/c1-3-7-21(16-22-13-15-30(39)27-11-5-4-10-26(22)27)12-14-31(40)32-23(20-45-2)17-28-33(29(32)19-38)35(42)36(34(28)41)24-8-6-9-25(18-24)37(43)44/h4-6,8-11,13,15-16,18,28-29,31,33,38-40H,3,7,12,14,17,19-20H2,1-2H3/b21-16+/t28-,29+,31-,33-/m1/s1. The third kappa shape index (κ3) is 6.26. The molecule has 4 atom stereocenters. The van der Waals surface area contributed by atoms with E-state index in [1.165, 1.54) is 31.4 Å². The number of non-ortho nitro benzene ring substituents is 1. The van der Waals surface area contributed by atoms with Gasteiger partial charge in [0, 0.05) is 30.5 Å². The average molecular weight is 615 g/mol. The van der Waals surface area contributed by atoms with Crippen LogP contribution in [0.25, 0.3) is 16.8 Å². The van der Waals surface area contributed by atoms with E-state index in [2.05, 4.69) is 13.0 Å². The van der Waals surface area contributed by atoms with Crippen LogP contribution in [0.15, 0.2) is 77.4 Å². The van der Waals surface area contributed by atoms with Gasteiger partial charge in [-0.2, -0.15) is 0 Å². The summed E-state index contributed by atoms with van der Waals surface area (Å²) in [5.41, 5.74) is 3.14. The van der Waals surface area contributed by atoms with Crippen LogP contribution < -0.4 is 4.90 Å². The number of carbonyl (C=O) groups excluding carboxylic acids is 2. The number of anilines is 1. The number of hydrogen-bond acceptors (Lipinski definition) is 8. The number of rotatable bonds is 12. The Morgan fingerprint density at radius 3 is 2.53 bits per heavy atom. The summed E-state index contributed by atoms with van der Waals surface area (Å²) in [6.07, 6.45) is 3.84. The quantitative estimate of drug-likeness (QED) is 0.104. The molecule has 236 valence electrons. The smallest absolute Gasteiger partial charge is 0.271 e. The number of aromatic hydroxyl groups is 1. The molecule has 1 saturated heterocycles. The van der Waals surface area contributed by atoms with E-state index in [4.69, 9.17) is 4.74 Å². The van der Waals surface area contributed by atoms with Crippen molar-refractivity contribution in [3.8, 4) is 5.75 Å². The molecule has 10 heteroatoms. The number of aliphatic hydroxyl groups excluding tert-OH is 2. The maximum Gasteiger partial charge on any atom is 0.271 e. The number of aliphatic hydroxyl groups is 2. The molecule has 45 heavy (non-hydrogen) atoms. The Hall–Kier alpha value is -4.38. The molecular formula is C35H38N2O8. The molecule has 1 aliphatic carbocycles. The Bertz CT molecular complexity index is 1680. The van der Waals surface area contributed by atoms with E-state index in [1.807, 2.05) is 30.3 Å². The van der Waals surface area contributed by atoms with Gasteiger partial charge in [-0.1, -0.05) is 61.4 Å². The predicted molar refractivity (Wildman–Crippen MR) is 170 cm³/mol. The lowest BCUT2D eigenvalue weighted by molar-refractivity contribution is -0.384. The number of imide groups is 1. The number of phenolic OH excluding ortho intramolecular Hbond substituents is 1. The first-order chi connectivity index (χ1) is 21.7. The van der Waals surface area contributed by atoms with Gasteiger partial charge in [-0.3, -0.25) is 19.7 Å². The monoisotopic (exact) mass is 614 g/mol. The van der Waals surface area contributed by atoms with E-state index in [9.17, 15) is 35.0 Å². The molecule has 0 spiro atoms. The molecule has 5 rings (SSSR count). The van der Waals surface area contributed by atoms with Crippen molar-refractivity contribution < 1.29 is 34.6 Å². The highest BCUT2D eigenvalue weighted by molar-refractivity contribution is 6.22. The molecule has 0 saturated carbocycles. The van der Waals surface area contributed by atoms with E-state index in [0.717, 1.165) is 39.7 Å². The minimum atomic E-state index is -1.00. The highest BCUT2D eigenvalue weighted by Gasteiger charge is 2.55. The first kappa shape index (κ1) is 32.0. The summed E-state index contributed by atoms with van der Waals surface area (Å²) in [4.78, 5) is 39.1. The van der Waals surface area contributed by atoms with Gasteiger partial charge >= 0.3 is 0 Å². The third-order valence-electron chi connectivity index (χ3n) is 8.96. The zero-order chi connectivity index (χ0) is 32.2. The second-order valence-corrected chi connectivity index (χ2v) is 11.7. The van der Waals surface area contributed by atoms with Crippen molar-refractivity contribution in [1.82, 2.24) is 0 Å². The van der Waals surface area contributed by atoms with Gasteiger partial charge in [-0.05, 0) is 59.9 Å². The first-order valence-corrected chi connectivity index (χ1v) is 15.2. The van der Waals surface area contributed by atoms with Crippen LogP contribution in [-0.4, -0.2) is 58.5 Å². The van der Waals surface area contributed by atoms with E-state index in [1.54, 1.807) is 6.07 Å². The Morgan fingerprint density at radius 1 is 1.09 bits per heavy atom. The number of nitro groups is 1. The molecule has 10 nitrogen and oxygen atoms in total. The van der Waals surface area contributed by atoms with Gasteiger partial charge in [0.05, 0.1) is 41.8 Å². The molecule has 1 heterocycles. The van der Waals surface area contributed by atoms with Crippen LogP contribution in [0.3, 0.4) is 0 Å². The number of allylic oxidation sites excluding steroid dienone is 1. The van der Waals surface area contributed by atoms with Crippen LogP contribution in [-0.2, 0) is 14.3 Å². The van der Waals surface area contributed by atoms with Crippen molar-refractivity contribution in [3.63, 3.8) is 0 Å². The molecule has 0 bridgehead atoms. The Balaban J connectivity index is 1.43. The molecule has 3 aromatic rings. The van der Waals surface area contributed by atoms with Gasteiger partial charge in [0.1, 0.15) is 5.75 Å². The van der Waals surface area contributed by atoms with Crippen LogP contribution in [0.5, 0.6) is 5.75 Å². The van der Waals surface area contributed by atoms with Gasteiger partial charge in [0.15, 0.2) is 0 Å². The zero-order valence-electron chi connectivity index (χ0n) is 25.4. The summed E-state index contributed by atoms with van der Waals surface area (Å²) < 4.78 is 5.45. The maximum absolute atomic E-state index is 13.8. The van der Waals surface area contributed by atoms with Gasteiger partial charge in [0.25, 0.3) is 5.69 Å². The van der Waals surface area contributed by atoms with E-state index < -0.39 is 47.2 Å². The fourth-order valence-electron chi connectivity index (χ4n) is 6.99. The van der Waals surface area contributed by atoms with Crippen LogP contribution >= 0.6 is 0 Å². The van der Waals surface area contributed by atoms with Crippen molar-refractivity contribution in [3.05, 3.63) is 93.1 Å². The van der Waals surface area contributed by atoms with Gasteiger partial charge in [0.2, 0.25) is 11.8 Å². The lowest BCUT2D eigenvalue weighted by atomic mass is 9.68. The number of ether oxygens (including phenoxy) is 1. The van der Waals surface area contributed by atoms with Crippen molar-refractivity contribution in [2.24, 2.45) is 17.8 Å². The van der Waals surface area contributed by atoms with Crippen LogP contribution in [0, 0.1) is 27.9 Å². The molecule has 0 aromatic heterocycles. The highest BCUT2D eigenvalue weighted by atomic mass is 16.6. The number of fused-ring (bicyclic) bond motifs is 2. The van der Waals surface area contributed by atoms with Gasteiger partial charge in [-0.15, -0.1) is 0 Å². The van der Waals surface area contributed by atoms with Crippen molar-refractivity contribution in [2.75, 3.05) is 25.2 Å². The summed E-state index contributed by atoms with van der Waals surface area (Å²) in [5.74, 6) is -3.34. The number of phenols is 1. The van der Waals surface area contributed by atoms with Gasteiger partial charge in [-0.25, -0.2) is 4.90 Å². The third-order valence-corrected chi connectivity index (χ3v) is 8.96. The number of nitro benzene ring substituents is 1. The second-order valence-electron chi connectivity index (χ2n) is 11.7. The van der Waals surface area contributed by atoms with E-state index in [-0.39, 0.29) is 30.2 Å². The Labute approximate surface area is 261 Å². The largest absolute Gasteiger partial charge is 0.507 e. The molecular weight excluding hydrogens is 576 g/mol. The Morgan fingerprint density at radius 2 is 1.84 bits per heavy atom. The normalized spacial score (nSPS) is 21.0. The van der Waals surface area contributed by atoms with Crippen LogP contribution in [0.4, 0.5) is 11.4 Å². The summed E-state index contributed by atoms with van der Waals surface area (Å²) in [5, 5.41) is 45.6. The van der Waals surface area contributed by atoms with Gasteiger partial charge < -0.3 is 20.1 Å². The van der Waals surface area contributed by atoms with E-state index >= 15 is 0 Å². The minimum absolute atomic E-state index is 0.108. The van der Waals surface area contributed by atoms with Crippen LogP contribution in [0.2, 0.25) is 0 Å².